The zero-order valence-corrected chi connectivity index (χ0v) is 15.8. The van der Waals surface area contributed by atoms with Gasteiger partial charge in [0.15, 0.2) is 0 Å². The molecule has 0 radical (unpaired) electrons. The van der Waals surface area contributed by atoms with E-state index in [0.717, 1.165) is 36.9 Å². The predicted octanol–water partition coefficient (Wildman–Crippen LogP) is 1.42. The van der Waals surface area contributed by atoms with Crippen LogP contribution in [0.2, 0.25) is 0 Å². The fourth-order valence-corrected chi connectivity index (χ4v) is 3.66. The molecular weight excluding hydrogens is 362 g/mol. The molecule has 1 aliphatic rings. The Morgan fingerprint density at radius 2 is 1.81 bits per heavy atom. The molecule has 142 valence electrons. The Hall–Kier alpha value is -2.58. The van der Waals surface area contributed by atoms with E-state index in [9.17, 15) is 9.59 Å². The molecule has 0 unspecified atom stereocenters. The maximum Gasteiger partial charge on any atom is 0.238 e. The minimum absolute atomic E-state index is 0.0617. The van der Waals surface area contributed by atoms with Crippen LogP contribution in [0.25, 0.3) is 0 Å². The van der Waals surface area contributed by atoms with Crippen LogP contribution in [0.3, 0.4) is 0 Å². The lowest BCUT2D eigenvalue weighted by molar-refractivity contribution is -0.117. The van der Waals surface area contributed by atoms with E-state index in [1.165, 1.54) is 11.8 Å². The summed E-state index contributed by atoms with van der Waals surface area (Å²) in [5.74, 6) is 0.713. The summed E-state index contributed by atoms with van der Waals surface area (Å²) in [5.41, 5.74) is 5.92. The Balaban J connectivity index is 1.50. The molecule has 3 rings (SSSR count). The molecule has 0 saturated carbocycles. The molecule has 2 heterocycles. The first kappa shape index (κ1) is 19.2. The monoisotopic (exact) mass is 385 g/mol. The normalized spacial score (nSPS) is 14.7. The first-order valence-corrected chi connectivity index (χ1v) is 9.79. The molecule has 1 aromatic heterocycles. The quantitative estimate of drug-likeness (QED) is 0.701. The summed E-state index contributed by atoms with van der Waals surface area (Å²) in [6.07, 6.45) is 1.79. The Kier molecular flexibility index (Phi) is 6.67. The fraction of sp³-hybridized carbons (Fsp3) is 0.316. The van der Waals surface area contributed by atoms with Crippen molar-refractivity contribution in [3.05, 3.63) is 48.7 Å². The van der Waals surface area contributed by atoms with Crippen LogP contribution in [-0.4, -0.2) is 60.2 Å². The average Bonchev–Trinajstić information content (AvgIpc) is 2.68. The number of benzene rings is 1. The number of carbonyl (C=O) groups excluding carboxylic acids is 2. The molecular formula is C19H23N5O2S. The van der Waals surface area contributed by atoms with Gasteiger partial charge in [-0.3, -0.25) is 14.5 Å². The first-order valence-electron chi connectivity index (χ1n) is 8.80. The second kappa shape index (κ2) is 9.38. The number of nitrogens with one attached hydrogen (secondary N) is 1. The second-order valence-corrected chi connectivity index (χ2v) is 7.27. The van der Waals surface area contributed by atoms with Crippen molar-refractivity contribution in [2.75, 3.05) is 48.7 Å². The van der Waals surface area contributed by atoms with Crippen molar-refractivity contribution in [3.63, 3.8) is 0 Å². The SMILES string of the molecule is NC(=O)CSc1ccccc1NC(=O)CN1CCN(c2ccccn2)CC1. The number of anilines is 2. The summed E-state index contributed by atoms with van der Waals surface area (Å²) < 4.78 is 0. The molecule has 1 saturated heterocycles. The number of primary amides is 1. The molecule has 0 spiro atoms. The molecule has 2 aromatic rings. The smallest absolute Gasteiger partial charge is 0.238 e. The lowest BCUT2D eigenvalue weighted by atomic mass is 10.3. The van der Waals surface area contributed by atoms with E-state index in [4.69, 9.17) is 5.73 Å². The van der Waals surface area contributed by atoms with E-state index in [2.05, 4.69) is 20.1 Å². The number of pyridine rings is 1. The molecule has 0 aliphatic carbocycles. The van der Waals surface area contributed by atoms with Crippen LogP contribution < -0.4 is 16.0 Å². The van der Waals surface area contributed by atoms with Crippen molar-refractivity contribution in [2.45, 2.75) is 4.90 Å². The van der Waals surface area contributed by atoms with Crippen molar-refractivity contribution in [1.29, 1.82) is 0 Å². The molecule has 0 bridgehead atoms. The second-order valence-electron chi connectivity index (χ2n) is 6.25. The maximum absolute atomic E-state index is 12.4. The minimum Gasteiger partial charge on any atom is -0.369 e. The van der Waals surface area contributed by atoms with E-state index < -0.39 is 0 Å². The van der Waals surface area contributed by atoms with Crippen LogP contribution in [0.4, 0.5) is 11.5 Å². The third-order valence-corrected chi connectivity index (χ3v) is 5.34. The average molecular weight is 385 g/mol. The Morgan fingerprint density at radius 3 is 2.52 bits per heavy atom. The number of thioether (sulfide) groups is 1. The molecule has 1 fully saturated rings. The molecule has 7 nitrogen and oxygen atoms in total. The highest BCUT2D eigenvalue weighted by Crippen LogP contribution is 2.26. The zero-order valence-electron chi connectivity index (χ0n) is 15.0. The minimum atomic E-state index is -0.382. The van der Waals surface area contributed by atoms with Crippen molar-refractivity contribution < 1.29 is 9.59 Å². The highest BCUT2D eigenvalue weighted by molar-refractivity contribution is 8.00. The Bertz CT molecular complexity index is 779. The number of piperazine rings is 1. The number of nitrogens with two attached hydrogens (primary N) is 1. The fourth-order valence-electron chi connectivity index (χ4n) is 2.91. The summed E-state index contributed by atoms with van der Waals surface area (Å²) in [6, 6.07) is 13.3. The Morgan fingerprint density at radius 1 is 1.07 bits per heavy atom. The van der Waals surface area contributed by atoms with Gasteiger partial charge >= 0.3 is 0 Å². The van der Waals surface area contributed by atoms with Gasteiger partial charge in [0.2, 0.25) is 11.8 Å². The third-order valence-electron chi connectivity index (χ3n) is 4.24. The van der Waals surface area contributed by atoms with Gasteiger partial charge in [0.05, 0.1) is 18.0 Å². The number of aromatic nitrogens is 1. The van der Waals surface area contributed by atoms with Crippen molar-refractivity contribution in [3.8, 4) is 0 Å². The first-order chi connectivity index (χ1) is 13.1. The van der Waals surface area contributed by atoms with Crippen LogP contribution in [0, 0.1) is 0 Å². The number of para-hydroxylation sites is 1. The van der Waals surface area contributed by atoms with Crippen LogP contribution >= 0.6 is 11.8 Å². The summed E-state index contributed by atoms with van der Waals surface area (Å²) in [6.45, 7) is 3.64. The maximum atomic E-state index is 12.4. The van der Waals surface area contributed by atoms with Crippen molar-refractivity contribution >= 4 is 35.1 Å². The lowest BCUT2D eigenvalue weighted by Crippen LogP contribution is -2.48. The van der Waals surface area contributed by atoms with Gasteiger partial charge in [0, 0.05) is 37.3 Å². The molecule has 3 N–H and O–H groups in total. The van der Waals surface area contributed by atoms with Crippen LogP contribution in [0.15, 0.2) is 53.6 Å². The summed E-state index contributed by atoms with van der Waals surface area (Å²) >= 11 is 1.32. The number of hydrogen-bond acceptors (Lipinski definition) is 6. The van der Waals surface area contributed by atoms with E-state index in [1.807, 2.05) is 42.5 Å². The number of rotatable bonds is 7. The number of nitrogens with zero attached hydrogens (tertiary/aromatic N) is 3. The van der Waals surface area contributed by atoms with E-state index in [-0.39, 0.29) is 17.6 Å². The van der Waals surface area contributed by atoms with E-state index in [1.54, 1.807) is 6.20 Å². The number of carbonyl (C=O) groups is 2. The topological polar surface area (TPSA) is 91.6 Å². The summed E-state index contributed by atoms with van der Waals surface area (Å²) in [4.78, 5) is 33.0. The zero-order chi connectivity index (χ0) is 19.1. The van der Waals surface area contributed by atoms with Gasteiger partial charge in [-0.1, -0.05) is 18.2 Å². The number of hydrogen-bond donors (Lipinski definition) is 2. The predicted molar refractivity (Wildman–Crippen MR) is 108 cm³/mol. The van der Waals surface area contributed by atoms with E-state index in [0.29, 0.717) is 12.2 Å². The van der Waals surface area contributed by atoms with Gasteiger partial charge in [0.1, 0.15) is 5.82 Å². The largest absolute Gasteiger partial charge is 0.369 e. The van der Waals surface area contributed by atoms with Gasteiger partial charge in [-0.15, -0.1) is 11.8 Å². The molecule has 1 aliphatic heterocycles. The standard InChI is InChI=1S/C19H23N5O2S/c20-17(25)14-27-16-6-2-1-5-15(16)22-19(26)13-23-9-11-24(12-10-23)18-7-3-4-8-21-18/h1-8H,9-14H2,(H2,20,25)(H,22,26). The molecule has 2 amide bonds. The van der Waals surface area contributed by atoms with Crippen molar-refractivity contribution in [2.24, 2.45) is 5.73 Å². The molecule has 0 atom stereocenters. The number of amides is 2. The highest BCUT2D eigenvalue weighted by atomic mass is 32.2. The molecule has 1 aromatic carbocycles. The van der Waals surface area contributed by atoms with Gasteiger partial charge in [0.25, 0.3) is 0 Å². The van der Waals surface area contributed by atoms with E-state index >= 15 is 0 Å². The van der Waals surface area contributed by atoms with Gasteiger partial charge in [-0.05, 0) is 24.3 Å². The molecule has 27 heavy (non-hydrogen) atoms. The highest BCUT2D eigenvalue weighted by Gasteiger charge is 2.20. The summed E-state index contributed by atoms with van der Waals surface area (Å²) in [5, 5.41) is 2.94. The lowest BCUT2D eigenvalue weighted by Gasteiger charge is -2.35. The molecule has 8 heteroatoms. The van der Waals surface area contributed by atoms with Crippen molar-refractivity contribution in [1.82, 2.24) is 9.88 Å². The Labute approximate surface area is 162 Å². The third kappa shape index (κ3) is 5.70. The van der Waals surface area contributed by atoms with Gasteiger partial charge in [-0.2, -0.15) is 0 Å². The van der Waals surface area contributed by atoms with Crippen LogP contribution in [0.1, 0.15) is 0 Å². The van der Waals surface area contributed by atoms with Crippen LogP contribution in [-0.2, 0) is 9.59 Å². The summed E-state index contributed by atoms with van der Waals surface area (Å²) in [7, 11) is 0. The van der Waals surface area contributed by atoms with Crippen LogP contribution in [0.5, 0.6) is 0 Å². The van der Waals surface area contributed by atoms with Gasteiger partial charge < -0.3 is 16.0 Å². The van der Waals surface area contributed by atoms with Gasteiger partial charge in [-0.25, -0.2) is 4.98 Å².